The first-order valence-corrected chi connectivity index (χ1v) is 3.94. The number of ether oxygens (including phenoxy) is 1. The maximum absolute atomic E-state index is 10.9. The van der Waals surface area contributed by atoms with Crippen LogP contribution in [0.3, 0.4) is 0 Å². The Balaban J connectivity index is 3.17. The van der Waals surface area contributed by atoms with Gasteiger partial charge >= 0.3 is 0 Å². The zero-order valence-electron chi connectivity index (χ0n) is 7.30. The van der Waals surface area contributed by atoms with Crippen molar-refractivity contribution >= 4 is 5.91 Å². The van der Waals surface area contributed by atoms with E-state index in [0.29, 0.717) is 26.0 Å². The topological polar surface area (TPSA) is 62.1 Å². The second-order valence-corrected chi connectivity index (χ2v) is 2.35. The van der Waals surface area contributed by atoms with Gasteiger partial charge in [0.2, 0.25) is 5.91 Å². The third kappa shape index (κ3) is 7.03. The van der Waals surface area contributed by atoms with Gasteiger partial charge in [-0.15, -0.1) is 0 Å². The van der Waals surface area contributed by atoms with Crippen LogP contribution in [0.2, 0.25) is 0 Å². The molecular weight excluding hydrogens is 156 g/mol. The molecule has 0 aromatic heterocycles. The van der Waals surface area contributed by atoms with E-state index in [0.717, 1.165) is 6.42 Å². The van der Waals surface area contributed by atoms with Gasteiger partial charge in [0, 0.05) is 26.7 Å². The number of nitrogens with zero attached hydrogens (tertiary/aromatic N) is 1. The Morgan fingerprint density at radius 2 is 2.42 bits per heavy atom. The number of methoxy groups -OCH3 is 1. The van der Waals surface area contributed by atoms with Gasteiger partial charge in [0.05, 0.1) is 12.5 Å². The van der Waals surface area contributed by atoms with Crippen LogP contribution in [0.4, 0.5) is 0 Å². The Morgan fingerprint density at radius 1 is 1.67 bits per heavy atom. The van der Waals surface area contributed by atoms with Crippen LogP contribution in [0.5, 0.6) is 0 Å². The molecule has 1 N–H and O–H groups in total. The van der Waals surface area contributed by atoms with Crippen LogP contribution < -0.4 is 5.32 Å². The van der Waals surface area contributed by atoms with E-state index in [1.54, 1.807) is 7.11 Å². The van der Waals surface area contributed by atoms with Crippen molar-refractivity contribution in [1.82, 2.24) is 5.32 Å². The van der Waals surface area contributed by atoms with E-state index in [9.17, 15) is 4.79 Å². The number of nitrogens with one attached hydrogen (secondary N) is 1. The fourth-order valence-corrected chi connectivity index (χ4v) is 0.723. The molecule has 0 heterocycles. The van der Waals surface area contributed by atoms with Gasteiger partial charge in [0.1, 0.15) is 0 Å². The first-order chi connectivity index (χ1) is 5.81. The highest BCUT2D eigenvalue weighted by atomic mass is 16.5. The van der Waals surface area contributed by atoms with Gasteiger partial charge in [-0.1, -0.05) is 0 Å². The van der Waals surface area contributed by atoms with Gasteiger partial charge < -0.3 is 10.1 Å². The van der Waals surface area contributed by atoms with Crippen LogP contribution in [0.1, 0.15) is 19.3 Å². The SMILES string of the molecule is COCCCC(=O)NCCC#N. The first-order valence-electron chi connectivity index (χ1n) is 3.94. The quantitative estimate of drug-likeness (QED) is 0.588. The molecule has 0 rings (SSSR count). The molecule has 0 spiro atoms. The lowest BCUT2D eigenvalue weighted by Crippen LogP contribution is -2.24. The van der Waals surface area contributed by atoms with Crippen LogP contribution in [-0.2, 0) is 9.53 Å². The van der Waals surface area contributed by atoms with Gasteiger partial charge in [-0.05, 0) is 6.42 Å². The molecule has 0 radical (unpaired) electrons. The van der Waals surface area contributed by atoms with E-state index in [1.165, 1.54) is 0 Å². The molecular formula is C8H14N2O2. The average Bonchev–Trinajstić information content (AvgIpc) is 2.06. The summed E-state index contributed by atoms with van der Waals surface area (Å²) >= 11 is 0. The summed E-state index contributed by atoms with van der Waals surface area (Å²) in [5.41, 5.74) is 0. The maximum atomic E-state index is 10.9. The molecule has 0 saturated carbocycles. The van der Waals surface area contributed by atoms with Crippen molar-refractivity contribution in [2.45, 2.75) is 19.3 Å². The Labute approximate surface area is 72.5 Å². The first kappa shape index (κ1) is 10.9. The Morgan fingerprint density at radius 3 is 3.00 bits per heavy atom. The van der Waals surface area contributed by atoms with E-state index in [-0.39, 0.29) is 5.91 Å². The van der Waals surface area contributed by atoms with Crippen molar-refractivity contribution in [2.75, 3.05) is 20.3 Å². The highest BCUT2D eigenvalue weighted by molar-refractivity contribution is 5.75. The number of hydrogen-bond acceptors (Lipinski definition) is 3. The molecule has 0 fully saturated rings. The van der Waals surface area contributed by atoms with Crippen molar-refractivity contribution in [3.63, 3.8) is 0 Å². The molecule has 12 heavy (non-hydrogen) atoms. The molecule has 0 unspecified atom stereocenters. The maximum Gasteiger partial charge on any atom is 0.220 e. The van der Waals surface area contributed by atoms with E-state index < -0.39 is 0 Å². The molecule has 0 aromatic rings. The predicted molar refractivity (Wildman–Crippen MR) is 44.3 cm³/mol. The zero-order chi connectivity index (χ0) is 9.23. The third-order valence-corrected chi connectivity index (χ3v) is 1.31. The van der Waals surface area contributed by atoms with Crippen molar-refractivity contribution in [2.24, 2.45) is 0 Å². The molecule has 4 nitrogen and oxygen atoms in total. The third-order valence-electron chi connectivity index (χ3n) is 1.31. The summed E-state index contributed by atoms with van der Waals surface area (Å²) in [4.78, 5) is 10.9. The van der Waals surface area contributed by atoms with E-state index >= 15 is 0 Å². The van der Waals surface area contributed by atoms with Crippen molar-refractivity contribution < 1.29 is 9.53 Å². The molecule has 0 atom stereocenters. The minimum atomic E-state index is -0.0118. The largest absolute Gasteiger partial charge is 0.385 e. The second-order valence-electron chi connectivity index (χ2n) is 2.35. The zero-order valence-corrected chi connectivity index (χ0v) is 7.30. The average molecular weight is 170 g/mol. The minimum absolute atomic E-state index is 0.0118. The lowest BCUT2D eigenvalue weighted by atomic mass is 10.3. The number of amides is 1. The van der Waals surface area contributed by atoms with Crippen LogP contribution in [-0.4, -0.2) is 26.2 Å². The smallest absolute Gasteiger partial charge is 0.220 e. The summed E-state index contributed by atoms with van der Waals surface area (Å²) in [6, 6.07) is 1.95. The molecule has 4 heteroatoms. The van der Waals surface area contributed by atoms with Gasteiger partial charge in [0.25, 0.3) is 0 Å². The fourth-order valence-electron chi connectivity index (χ4n) is 0.723. The predicted octanol–water partition coefficient (Wildman–Crippen LogP) is 0.443. The molecule has 0 bridgehead atoms. The molecule has 0 aromatic carbocycles. The van der Waals surface area contributed by atoms with E-state index in [1.807, 2.05) is 6.07 Å². The van der Waals surface area contributed by atoms with Crippen molar-refractivity contribution in [3.8, 4) is 6.07 Å². The molecule has 0 aliphatic heterocycles. The number of carbonyl (C=O) groups excluding carboxylic acids is 1. The molecule has 0 aliphatic rings. The Bertz CT molecular complexity index is 163. The van der Waals surface area contributed by atoms with Crippen molar-refractivity contribution in [3.05, 3.63) is 0 Å². The minimum Gasteiger partial charge on any atom is -0.385 e. The number of nitriles is 1. The summed E-state index contributed by atoms with van der Waals surface area (Å²) in [6.07, 6.45) is 1.57. The summed E-state index contributed by atoms with van der Waals surface area (Å²) < 4.78 is 4.79. The van der Waals surface area contributed by atoms with Gasteiger partial charge in [-0.25, -0.2) is 0 Å². The van der Waals surface area contributed by atoms with E-state index in [2.05, 4.69) is 5.32 Å². The monoisotopic (exact) mass is 170 g/mol. The highest BCUT2D eigenvalue weighted by Crippen LogP contribution is 1.88. The Kier molecular flexibility index (Phi) is 7.30. The summed E-state index contributed by atoms with van der Waals surface area (Å²) in [7, 11) is 1.60. The van der Waals surface area contributed by atoms with Gasteiger partial charge in [0.15, 0.2) is 0 Å². The highest BCUT2D eigenvalue weighted by Gasteiger charge is 1.98. The second kappa shape index (κ2) is 8.02. The lowest BCUT2D eigenvalue weighted by molar-refractivity contribution is -0.121. The van der Waals surface area contributed by atoms with Gasteiger partial charge in [-0.3, -0.25) is 4.79 Å². The van der Waals surface area contributed by atoms with Crippen LogP contribution in [0, 0.1) is 11.3 Å². The molecule has 0 saturated heterocycles. The van der Waals surface area contributed by atoms with Crippen LogP contribution >= 0.6 is 0 Å². The molecule has 0 aliphatic carbocycles. The number of carbonyl (C=O) groups is 1. The molecule has 1 amide bonds. The summed E-state index contributed by atoms with van der Waals surface area (Å²) in [5.74, 6) is -0.0118. The lowest BCUT2D eigenvalue weighted by Gasteiger charge is -2.01. The normalized spacial score (nSPS) is 9.00. The summed E-state index contributed by atoms with van der Waals surface area (Å²) in [6.45, 7) is 1.05. The standard InChI is InChI=1S/C8H14N2O2/c1-12-7-2-4-8(11)10-6-3-5-9/h2-4,6-7H2,1H3,(H,10,11). The van der Waals surface area contributed by atoms with Crippen molar-refractivity contribution in [1.29, 1.82) is 5.26 Å². The Hall–Kier alpha value is -1.08. The fraction of sp³-hybridized carbons (Fsp3) is 0.750. The van der Waals surface area contributed by atoms with Crippen LogP contribution in [0.15, 0.2) is 0 Å². The number of hydrogen-bond donors (Lipinski definition) is 1. The van der Waals surface area contributed by atoms with Gasteiger partial charge in [-0.2, -0.15) is 5.26 Å². The van der Waals surface area contributed by atoms with Crippen LogP contribution in [0.25, 0.3) is 0 Å². The molecule has 68 valence electrons. The summed E-state index contributed by atoms with van der Waals surface area (Å²) in [5, 5.41) is 10.8. The number of rotatable bonds is 6. The van der Waals surface area contributed by atoms with E-state index in [4.69, 9.17) is 10.00 Å².